The molecule has 2 aromatic rings. The number of nitrogens with zero attached hydrogens (tertiary/aromatic N) is 2. The molecule has 0 aliphatic rings. The van der Waals surface area contributed by atoms with E-state index in [0.29, 0.717) is 12.0 Å². The van der Waals surface area contributed by atoms with Gasteiger partial charge in [0.15, 0.2) is 5.69 Å². The molecule has 144 valence electrons. The lowest BCUT2D eigenvalue weighted by Crippen LogP contribution is -2.04. The summed E-state index contributed by atoms with van der Waals surface area (Å²) in [5, 5.41) is 26.2. The van der Waals surface area contributed by atoms with Crippen molar-refractivity contribution in [3.8, 4) is 0 Å². The SMILES string of the molecule is CCCCCc1cc([N+](=O)[O-])c(Nc2c(Cl)cc(Cl)cc2Cl)c([N+](=O)[O-])c1. The van der Waals surface area contributed by atoms with Crippen LogP contribution in [0, 0.1) is 20.2 Å². The third-order valence-electron chi connectivity index (χ3n) is 3.88. The van der Waals surface area contributed by atoms with Crippen molar-refractivity contribution in [2.45, 2.75) is 32.6 Å². The van der Waals surface area contributed by atoms with Crippen LogP contribution in [0.4, 0.5) is 22.7 Å². The highest BCUT2D eigenvalue weighted by atomic mass is 35.5. The second-order valence-corrected chi connectivity index (χ2v) is 7.10. The third-order valence-corrected chi connectivity index (χ3v) is 4.69. The molecule has 0 saturated heterocycles. The Morgan fingerprint density at radius 2 is 1.41 bits per heavy atom. The van der Waals surface area contributed by atoms with Gasteiger partial charge in [-0.1, -0.05) is 54.6 Å². The van der Waals surface area contributed by atoms with Crippen molar-refractivity contribution in [3.05, 3.63) is 65.1 Å². The van der Waals surface area contributed by atoms with Gasteiger partial charge in [-0.15, -0.1) is 0 Å². The maximum atomic E-state index is 11.5. The van der Waals surface area contributed by atoms with Crippen LogP contribution in [0.15, 0.2) is 24.3 Å². The van der Waals surface area contributed by atoms with Gasteiger partial charge in [-0.3, -0.25) is 20.2 Å². The van der Waals surface area contributed by atoms with E-state index in [-0.39, 0.29) is 26.4 Å². The minimum Gasteiger partial charge on any atom is -0.342 e. The molecule has 1 N–H and O–H groups in total. The molecule has 0 spiro atoms. The molecule has 0 radical (unpaired) electrons. The van der Waals surface area contributed by atoms with Gasteiger partial charge in [0.2, 0.25) is 0 Å². The number of nitro benzene ring substituents is 2. The minimum absolute atomic E-state index is 0.0862. The molecular weight excluding hydrogens is 417 g/mol. The van der Waals surface area contributed by atoms with Crippen LogP contribution < -0.4 is 5.32 Å². The van der Waals surface area contributed by atoms with E-state index >= 15 is 0 Å². The fourth-order valence-corrected chi connectivity index (χ4v) is 3.51. The smallest absolute Gasteiger partial charge is 0.300 e. The van der Waals surface area contributed by atoms with Gasteiger partial charge in [-0.25, -0.2) is 0 Å². The van der Waals surface area contributed by atoms with Gasteiger partial charge in [0.25, 0.3) is 11.4 Å². The highest BCUT2D eigenvalue weighted by Gasteiger charge is 2.28. The number of anilines is 2. The third kappa shape index (κ3) is 5.22. The van der Waals surface area contributed by atoms with Gasteiger partial charge < -0.3 is 5.32 Å². The second kappa shape index (κ2) is 9.21. The van der Waals surface area contributed by atoms with Gasteiger partial charge in [0.05, 0.1) is 25.6 Å². The maximum absolute atomic E-state index is 11.5. The fourth-order valence-electron chi connectivity index (χ4n) is 2.59. The number of hydrogen-bond acceptors (Lipinski definition) is 5. The number of hydrogen-bond donors (Lipinski definition) is 1. The minimum atomic E-state index is -0.670. The molecule has 0 amide bonds. The molecule has 0 heterocycles. The molecule has 0 aliphatic carbocycles. The number of rotatable bonds is 8. The lowest BCUT2D eigenvalue weighted by Gasteiger charge is -2.13. The van der Waals surface area contributed by atoms with E-state index in [0.717, 1.165) is 19.3 Å². The molecule has 7 nitrogen and oxygen atoms in total. The normalized spacial score (nSPS) is 10.7. The Balaban J connectivity index is 2.57. The topological polar surface area (TPSA) is 98.3 Å². The Morgan fingerprint density at radius 1 is 0.889 bits per heavy atom. The first-order chi connectivity index (χ1) is 12.7. The van der Waals surface area contributed by atoms with E-state index in [1.807, 2.05) is 6.92 Å². The quantitative estimate of drug-likeness (QED) is 0.277. The molecule has 0 aromatic heterocycles. The highest BCUT2D eigenvalue weighted by Crippen LogP contribution is 2.42. The van der Waals surface area contributed by atoms with Crippen molar-refractivity contribution >= 4 is 57.6 Å². The van der Waals surface area contributed by atoms with E-state index in [1.54, 1.807) is 0 Å². The van der Waals surface area contributed by atoms with Gasteiger partial charge >= 0.3 is 0 Å². The fraction of sp³-hybridized carbons (Fsp3) is 0.294. The lowest BCUT2D eigenvalue weighted by molar-refractivity contribution is -0.392. The van der Waals surface area contributed by atoms with E-state index in [1.165, 1.54) is 24.3 Å². The number of aryl methyl sites for hydroxylation is 1. The van der Waals surface area contributed by atoms with Crippen molar-refractivity contribution in [1.29, 1.82) is 0 Å². The molecule has 0 atom stereocenters. The van der Waals surface area contributed by atoms with Crippen LogP contribution in [0.2, 0.25) is 15.1 Å². The average molecular weight is 433 g/mol. The average Bonchev–Trinajstić information content (AvgIpc) is 2.58. The Labute approximate surface area is 170 Å². The van der Waals surface area contributed by atoms with E-state index < -0.39 is 21.2 Å². The summed E-state index contributed by atoms with van der Waals surface area (Å²) in [6.07, 6.45) is 3.19. The van der Waals surface area contributed by atoms with Gasteiger partial charge in [-0.05, 0) is 30.5 Å². The number of nitro groups is 2. The van der Waals surface area contributed by atoms with E-state index in [4.69, 9.17) is 34.8 Å². The molecule has 27 heavy (non-hydrogen) atoms. The van der Waals surface area contributed by atoms with Crippen molar-refractivity contribution in [3.63, 3.8) is 0 Å². The lowest BCUT2D eigenvalue weighted by atomic mass is 10.0. The Kier molecular flexibility index (Phi) is 7.24. The van der Waals surface area contributed by atoms with Gasteiger partial charge in [0.1, 0.15) is 0 Å². The molecular formula is C17H16Cl3N3O4. The summed E-state index contributed by atoms with van der Waals surface area (Å²) in [5.41, 5.74) is -0.487. The van der Waals surface area contributed by atoms with Crippen LogP contribution in [0.1, 0.15) is 31.7 Å². The highest BCUT2D eigenvalue weighted by molar-refractivity contribution is 6.42. The Hall–Kier alpha value is -2.09. The van der Waals surface area contributed by atoms with Crippen LogP contribution >= 0.6 is 34.8 Å². The standard InChI is InChI=1S/C17H16Cl3N3O4/c1-2-3-4-5-10-6-14(22(24)25)17(15(7-10)23(26)27)21-16-12(19)8-11(18)9-13(16)20/h6-9,21H,2-5H2,1H3. The molecule has 0 bridgehead atoms. The van der Waals surface area contributed by atoms with E-state index in [2.05, 4.69) is 5.32 Å². The van der Waals surface area contributed by atoms with Crippen molar-refractivity contribution in [2.75, 3.05) is 5.32 Å². The first-order valence-corrected chi connectivity index (χ1v) is 9.25. The zero-order valence-corrected chi connectivity index (χ0v) is 16.6. The van der Waals surface area contributed by atoms with Crippen molar-refractivity contribution < 1.29 is 9.85 Å². The molecule has 0 fully saturated rings. The maximum Gasteiger partial charge on any atom is 0.300 e. The molecule has 0 saturated carbocycles. The number of benzene rings is 2. The monoisotopic (exact) mass is 431 g/mol. The number of unbranched alkanes of at least 4 members (excludes halogenated alkanes) is 2. The van der Waals surface area contributed by atoms with Gasteiger partial charge in [-0.2, -0.15) is 0 Å². The zero-order chi connectivity index (χ0) is 20.1. The first-order valence-electron chi connectivity index (χ1n) is 8.11. The molecule has 10 heteroatoms. The summed E-state index contributed by atoms with van der Waals surface area (Å²) in [6.45, 7) is 2.03. The summed E-state index contributed by atoms with van der Waals surface area (Å²) in [7, 11) is 0. The zero-order valence-electron chi connectivity index (χ0n) is 14.3. The van der Waals surface area contributed by atoms with E-state index in [9.17, 15) is 20.2 Å². The first kappa shape index (κ1) is 21.2. The summed E-state index contributed by atoms with van der Waals surface area (Å²) >= 11 is 18.0. The Bertz CT molecular complexity index is 832. The predicted octanol–water partition coefficient (Wildman–Crippen LogP) is 6.94. The van der Waals surface area contributed by atoms with Crippen molar-refractivity contribution in [1.82, 2.24) is 0 Å². The van der Waals surface area contributed by atoms with Crippen LogP contribution in [-0.4, -0.2) is 9.85 Å². The van der Waals surface area contributed by atoms with Gasteiger partial charge in [0, 0.05) is 17.2 Å². The largest absolute Gasteiger partial charge is 0.342 e. The van der Waals surface area contributed by atoms with Crippen LogP contribution in [-0.2, 0) is 6.42 Å². The summed E-state index contributed by atoms with van der Waals surface area (Å²) in [4.78, 5) is 21.8. The summed E-state index contributed by atoms with van der Waals surface area (Å²) < 4.78 is 0. The second-order valence-electron chi connectivity index (χ2n) is 5.85. The molecule has 0 aliphatic heterocycles. The molecule has 2 aromatic carbocycles. The summed E-state index contributed by atoms with van der Waals surface area (Å²) in [5.74, 6) is 0. The van der Waals surface area contributed by atoms with Crippen molar-refractivity contribution in [2.24, 2.45) is 0 Å². The summed E-state index contributed by atoms with van der Waals surface area (Å²) in [6, 6.07) is 5.44. The Morgan fingerprint density at radius 3 is 1.85 bits per heavy atom. The van der Waals surface area contributed by atoms with Crippen LogP contribution in [0.3, 0.4) is 0 Å². The van der Waals surface area contributed by atoms with Crippen LogP contribution in [0.25, 0.3) is 0 Å². The van der Waals surface area contributed by atoms with Crippen LogP contribution in [0.5, 0.6) is 0 Å². The number of nitrogens with one attached hydrogen (secondary N) is 1. The predicted molar refractivity (Wildman–Crippen MR) is 108 cm³/mol. The number of halogens is 3. The molecule has 0 unspecified atom stereocenters. The molecule has 2 rings (SSSR count).